The molecule has 0 radical (unpaired) electrons. The molecule has 0 saturated carbocycles. The Kier molecular flexibility index (Phi) is 6.81. The molecule has 0 unspecified atom stereocenters. The van der Waals surface area contributed by atoms with Crippen molar-refractivity contribution < 1.29 is 27.7 Å². The lowest BCUT2D eigenvalue weighted by Crippen LogP contribution is -2.03. The van der Waals surface area contributed by atoms with Gasteiger partial charge in [0.1, 0.15) is 12.4 Å². The molecule has 1 aromatic carbocycles. The fourth-order valence-electron chi connectivity index (χ4n) is 1.61. The van der Waals surface area contributed by atoms with Crippen LogP contribution in [0.4, 0.5) is 0 Å². The van der Waals surface area contributed by atoms with Gasteiger partial charge in [-0.1, -0.05) is 18.2 Å². The van der Waals surface area contributed by atoms with E-state index in [9.17, 15) is 9.36 Å². The van der Waals surface area contributed by atoms with Crippen molar-refractivity contribution >= 4 is 13.8 Å². The Morgan fingerprint density at radius 3 is 2.36 bits per heavy atom. The molecule has 7 heteroatoms. The van der Waals surface area contributed by atoms with Crippen LogP contribution in [0.15, 0.2) is 30.0 Å². The van der Waals surface area contributed by atoms with Gasteiger partial charge in [0.05, 0.1) is 6.08 Å². The predicted molar refractivity (Wildman–Crippen MR) is 82.2 cm³/mol. The SMILES string of the molecule is COP(=O)(OC)OC(C)=CC(=O)OCc1ccc(C)c(C)c1. The molecular formula is C15H21O6P. The molecule has 0 bridgehead atoms. The number of rotatable bonds is 7. The van der Waals surface area contributed by atoms with Gasteiger partial charge in [0, 0.05) is 14.2 Å². The number of hydrogen-bond donors (Lipinski definition) is 0. The molecule has 0 heterocycles. The summed E-state index contributed by atoms with van der Waals surface area (Å²) >= 11 is 0. The fourth-order valence-corrected chi connectivity index (χ4v) is 2.31. The molecule has 22 heavy (non-hydrogen) atoms. The second kappa shape index (κ2) is 8.13. The average Bonchev–Trinajstić information content (AvgIpc) is 2.48. The monoisotopic (exact) mass is 328 g/mol. The van der Waals surface area contributed by atoms with Gasteiger partial charge in [-0.15, -0.1) is 0 Å². The summed E-state index contributed by atoms with van der Waals surface area (Å²) in [6.07, 6.45) is 1.09. The van der Waals surface area contributed by atoms with Gasteiger partial charge in [-0.2, -0.15) is 0 Å². The lowest BCUT2D eigenvalue weighted by Gasteiger charge is -2.14. The number of benzene rings is 1. The van der Waals surface area contributed by atoms with E-state index in [1.807, 2.05) is 32.0 Å². The molecule has 0 aromatic heterocycles. The van der Waals surface area contributed by atoms with Crippen molar-refractivity contribution in [2.75, 3.05) is 14.2 Å². The molecule has 0 aliphatic carbocycles. The smallest absolute Gasteiger partial charge is 0.458 e. The summed E-state index contributed by atoms with van der Waals surface area (Å²) in [5.74, 6) is -0.522. The summed E-state index contributed by atoms with van der Waals surface area (Å²) < 4.78 is 31.0. The molecule has 0 aliphatic rings. The van der Waals surface area contributed by atoms with Crippen molar-refractivity contribution in [2.24, 2.45) is 0 Å². The topological polar surface area (TPSA) is 71.1 Å². The highest BCUT2D eigenvalue weighted by Gasteiger charge is 2.24. The Hall–Kier alpha value is -1.62. The van der Waals surface area contributed by atoms with E-state index in [1.165, 1.54) is 26.7 Å². The summed E-state index contributed by atoms with van der Waals surface area (Å²) in [6.45, 7) is 5.61. The molecule has 0 amide bonds. The van der Waals surface area contributed by atoms with Crippen molar-refractivity contribution in [1.29, 1.82) is 0 Å². The first-order chi connectivity index (χ1) is 10.3. The van der Waals surface area contributed by atoms with Crippen molar-refractivity contribution in [3.05, 3.63) is 46.7 Å². The first-order valence-corrected chi connectivity index (χ1v) is 8.08. The maximum atomic E-state index is 11.7. The number of hydrogen-bond acceptors (Lipinski definition) is 6. The molecule has 0 saturated heterocycles. The molecule has 0 fully saturated rings. The fraction of sp³-hybridized carbons (Fsp3) is 0.400. The van der Waals surface area contributed by atoms with Crippen LogP contribution in [0.25, 0.3) is 0 Å². The zero-order valence-electron chi connectivity index (χ0n) is 13.4. The van der Waals surface area contributed by atoms with Crippen molar-refractivity contribution in [3.63, 3.8) is 0 Å². The second-order valence-electron chi connectivity index (χ2n) is 4.68. The van der Waals surface area contributed by atoms with Crippen LogP contribution in [0.3, 0.4) is 0 Å². The van der Waals surface area contributed by atoms with Crippen molar-refractivity contribution in [1.82, 2.24) is 0 Å². The third-order valence-corrected chi connectivity index (χ3v) is 4.38. The van der Waals surface area contributed by atoms with E-state index in [0.717, 1.165) is 17.2 Å². The molecule has 0 atom stereocenters. The Labute approximate surface area is 130 Å². The lowest BCUT2D eigenvalue weighted by atomic mass is 10.1. The first kappa shape index (κ1) is 18.4. The molecular weight excluding hydrogens is 307 g/mol. The van der Waals surface area contributed by atoms with Gasteiger partial charge in [-0.05, 0) is 37.5 Å². The number of carbonyl (C=O) groups excluding carboxylic acids is 1. The standard InChI is InChI=1S/C15H21O6P/c1-11-6-7-14(8-12(11)2)10-20-15(16)9-13(3)21-22(17,18-4)19-5/h6-9H,10H2,1-5H3. The van der Waals surface area contributed by atoms with Gasteiger partial charge in [-0.3, -0.25) is 9.05 Å². The van der Waals surface area contributed by atoms with Crippen LogP contribution in [-0.2, 0) is 34.3 Å². The molecule has 0 spiro atoms. The molecule has 6 nitrogen and oxygen atoms in total. The summed E-state index contributed by atoms with van der Waals surface area (Å²) in [4.78, 5) is 11.7. The highest BCUT2D eigenvalue weighted by atomic mass is 31.2. The second-order valence-corrected chi connectivity index (χ2v) is 6.49. The number of esters is 1. The molecule has 0 aliphatic heterocycles. The number of phosphoric ester groups is 1. The molecule has 0 N–H and O–H groups in total. The van der Waals surface area contributed by atoms with E-state index in [2.05, 4.69) is 9.05 Å². The third-order valence-electron chi connectivity index (χ3n) is 2.98. The van der Waals surface area contributed by atoms with Crippen LogP contribution >= 0.6 is 7.82 Å². The van der Waals surface area contributed by atoms with Gasteiger partial charge in [-0.25, -0.2) is 9.36 Å². The number of carbonyl (C=O) groups is 1. The summed E-state index contributed by atoms with van der Waals surface area (Å²) in [5, 5.41) is 0. The summed E-state index contributed by atoms with van der Waals surface area (Å²) in [5.41, 5.74) is 3.20. The first-order valence-electron chi connectivity index (χ1n) is 6.62. The van der Waals surface area contributed by atoms with Gasteiger partial charge in [0.25, 0.3) is 0 Å². The minimum absolute atomic E-state index is 0.0807. The van der Waals surface area contributed by atoms with E-state index in [4.69, 9.17) is 9.26 Å². The number of allylic oxidation sites excluding steroid dienone is 1. The van der Waals surface area contributed by atoms with Gasteiger partial charge in [0.2, 0.25) is 0 Å². The van der Waals surface area contributed by atoms with Crippen LogP contribution in [0.1, 0.15) is 23.6 Å². The van der Waals surface area contributed by atoms with E-state index >= 15 is 0 Å². The van der Waals surface area contributed by atoms with E-state index in [0.29, 0.717) is 0 Å². The van der Waals surface area contributed by atoms with Crippen LogP contribution in [0, 0.1) is 13.8 Å². The largest absolute Gasteiger partial charge is 0.529 e. The summed E-state index contributed by atoms with van der Waals surface area (Å²) in [7, 11) is -1.28. The molecule has 122 valence electrons. The zero-order valence-corrected chi connectivity index (χ0v) is 14.3. The Balaban J connectivity index is 2.60. The Morgan fingerprint density at radius 1 is 1.18 bits per heavy atom. The maximum Gasteiger partial charge on any atom is 0.529 e. The molecule has 1 rings (SSSR count). The quantitative estimate of drug-likeness (QED) is 0.329. The number of aryl methyl sites for hydroxylation is 2. The van der Waals surface area contributed by atoms with Crippen LogP contribution in [0.5, 0.6) is 0 Å². The van der Waals surface area contributed by atoms with E-state index in [-0.39, 0.29) is 12.4 Å². The van der Waals surface area contributed by atoms with E-state index in [1.54, 1.807) is 0 Å². The maximum absolute atomic E-state index is 11.7. The minimum atomic E-state index is -3.66. The number of phosphoric acid groups is 1. The van der Waals surface area contributed by atoms with Crippen LogP contribution in [0.2, 0.25) is 0 Å². The van der Waals surface area contributed by atoms with Gasteiger partial charge in [0.15, 0.2) is 0 Å². The van der Waals surface area contributed by atoms with Crippen molar-refractivity contribution in [2.45, 2.75) is 27.4 Å². The minimum Gasteiger partial charge on any atom is -0.458 e. The van der Waals surface area contributed by atoms with Crippen LogP contribution < -0.4 is 0 Å². The highest BCUT2D eigenvalue weighted by Crippen LogP contribution is 2.49. The summed E-state index contributed by atoms with van der Waals surface area (Å²) in [6, 6.07) is 5.82. The Bertz CT molecular complexity index is 600. The van der Waals surface area contributed by atoms with Crippen LogP contribution in [-0.4, -0.2) is 20.2 Å². The number of ether oxygens (including phenoxy) is 1. The zero-order chi connectivity index (χ0) is 16.8. The van der Waals surface area contributed by atoms with Gasteiger partial charge < -0.3 is 9.26 Å². The van der Waals surface area contributed by atoms with E-state index < -0.39 is 13.8 Å². The normalized spacial score (nSPS) is 12.1. The Morgan fingerprint density at radius 2 is 1.82 bits per heavy atom. The molecule has 1 aromatic rings. The highest BCUT2D eigenvalue weighted by molar-refractivity contribution is 7.48. The average molecular weight is 328 g/mol. The van der Waals surface area contributed by atoms with Crippen molar-refractivity contribution in [3.8, 4) is 0 Å². The predicted octanol–water partition coefficient (Wildman–Crippen LogP) is 3.67. The third kappa shape index (κ3) is 5.64. The lowest BCUT2D eigenvalue weighted by molar-refractivity contribution is -0.139. The van der Waals surface area contributed by atoms with Gasteiger partial charge >= 0.3 is 13.8 Å².